The number of carbonyl (C=O) groups is 2. The summed E-state index contributed by atoms with van der Waals surface area (Å²) >= 11 is 0. The van der Waals surface area contributed by atoms with Crippen LogP contribution in [0.25, 0.3) is 0 Å². The third-order valence-electron chi connectivity index (χ3n) is 3.74. The van der Waals surface area contributed by atoms with Gasteiger partial charge in [0, 0.05) is 18.0 Å². The number of carboxylic acids is 1. The van der Waals surface area contributed by atoms with E-state index in [0.717, 1.165) is 16.7 Å². The third kappa shape index (κ3) is 6.15. The standard InChI is InChI=1S/C19H20O4.K/c1-13-5-3-6-14(2)17(13)12-23-16-8-4-7-15(11-16)18(20)9-10-19(21)22;/h3-8,11H,9-10,12H2,1-2H3,(H,21,22);/q;+1/p-1. The van der Waals surface area contributed by atoms with Gasteiger partial charge in [-0.2, -0.15) is 0 Å². The van der Waals surface area contributed by atoms with Crippen LogP contribution in [0.4, 0.5) is 0 Å². The summed E-state index contributed by atoms with van der Waals surface area (Å²) in [6.07, 6.45) is -0.338. The van der Waals surface area contributed by atoms with E-state index in [9.17, 15) is 14.7 Å². The third-order valence-corrected chi connectivity index (χ3v) is 3.74. The molecule has 5 heteroatoms. The molecule has 2 aromatic carbocycles. The number of hydrogen-bond acceptors (Lipinski definition) is 4. The van der Waals surface area contributed by atoms with Crippen molar-refractivity contribution < 1.29 is 70.8 Å². The Morgan fingerprint density at radius 2 is 1.62 bits per heavy atom. The molecule has 0 saturated carbocycles. The molecular weight excluding hydrogens is 331 g/mol. The van der Waals surface area contributed by atoms with E-state index in [1.54, 1.807) is 24.3 Å². The maximum atomic E-state index is 11.9. The van der Waals surface area contributed by atoms with Gasteiger partial charge in [0.2, 0.25) is 0 Å². The molecule has 24 heavy (non-hydrogen) atoms. The SMILES string of the molecule is Cc1cccc(C)c1COc1cccc(C(=O)CCC(=O)[O-])c1.[K+]. The van der Waals surface area contributed by atoms with Crippen LogP contribution >= 0.6 is 0 Å². The van der Waals surface area contributed by atoms with Crippen molar-refractivity contribution in [1.82, 2.24) is 0 Å². The fourth-order valence-corrected chi connectivity index (χ4v) is 2.35. The summed E-state index contributed by atoms with van der Waals surface area (Å²) in [5, 5.41) is 10.4. The molecule has 0 heterocycles. The van der Waals surface area contributed by atoms with E-state index in [1.807, 2.05) is 32.0 Å². The van der Waals surface area contributed by atoms with E-state index in [2.05, 4.69) is 0 Å². The number of carbonyl (C=O) groups excluding carboxylic acids is 2. The van der Waals surface area contributed by atoms with Crippen LogP contribution in [0.5, 0.6) is 5.75 Å². The first-order valence-electron chi connectivity index (χ1n) is 7.48. The van der Waals surface area contributed by atoms with E-state index in [1.165, 1.54) is 0 Å². The Bertz CT molecular complexity index is 705. The van der Waals surface area contributed by atoms with Gasteiger partial charge in [0.25, 0.3) is 0 Å². The molecule has 2 rings (SSSR count). The van der Waals surface area contributed by atoms with Gasteiger partial charge in [-0.3, -0.25) is 4.79 Å². The molecule has 4 nitrogen and oxygen atoms in total. The van der Waals surface area contributed by atoms with E-state index >= 15 is 0 Å². The molecule has 0 bridgehead atoms. The molecular formula is C19H19KO4. The van der Waals surface area contributed by atoms with Crippen molar-refractivity contribution in [3.63, 3.8) is 0 Å². The van der Waals surface area contributed by atoms with Gasteiger partial charge in [-0.15, -0.1) is 0 Å². The predicted octanol–water partition coefficient (Wildman–Crippen LogP) is -0.401. The molecule has 2 aromatic rings. The number of Topliss-reactive ketones (excluding diaryl/α,β-unsaturated/α-hetero) is 1. The van der Waals surface area contributed by atoms with Gasteiger partial charge in [0.05, 0.1) is 0 Å². The molecule has 0 radical (unpaired) electrons. The minimum absolute atomic E-state index is 0. The number of aryl methyl sites for hydroxylation is 2. The Morgan fingerprint density at radius 3 is 2.25 bits per heavy atom. The zero-order chi connectivity index (χ0) is 16.8. The Kier molecular flexibility index (Phi) is 8.87. The molecule has 0 aliphatic carbocycles. The van der Waals surface area contributed by atoms with Crippen molar-refractivity contribution >= 4 is 11.8 Å². The molecule has 0 aliphatic rings. The maximum absolute atomic E-state index is 11.9. The van der Waals surface area contributed by atoms with Crippen LogP contribution in [0.15, 0.2) is 42.5 Å². The van der Waals surface area contributed by atoms with Crippen molar-refractivity contribution in [3.8, 4) is 5.75 Å². The number of benzene rings is 2. The summed E-state index contributed by atoms with van der Waals surface area (Å²) in [7, 11) is 0. The minimum atomic E-state index is -1.22. The zero-order valence-corrected chi connectivity index (χ0v) is 17.4. The summed E-state index contributed by atoms with van der Waals surface area (Å²) in [4.78, 5) is 22.4. The summed E-state index contributed by atoms with van der Waals surface area (Å²) in [6.45, 7) is 4.49. The smallest absolute Gasteiger partial charge is 0.550 e. The van der Waals surface area contributed by atoms with Gasteiger partial charge >= 0.3 is 51.4 Å². The topological polar surface area (TPSA) is 66.4 Å². The summed E-state index contributed by atoms with van der Waals surface area (Å²) < 4.78 is 5.79. The second-order valence-electron chi connectivity index (χ2n) is 5.48. The van der Waals surface area contributed by atoms with E-state index in [4.69, 9.17) is 4.74 Å². The molecule has 0 atom stereocenters. The number of aliphatic carboxylic acids is 1. The molecule has 0 saturated heterocycles. The Balaban J connectivity index is 0.00000288. The Labute approximate surface area is 184 Å². The predicted molar refractivity (Wildman–Crippen MR) is 85.3 cm³/mol. The summed E-state index contributed by atoms with van der Waals surface area (Å²) in [5.74, 6) is -0.862. The molecule has 0 unspecified atom stereocenters. The molecule has 0 amide bonds. The normalized spacial score (nSPS) is 9.92. The number of ether oxygens (including phenoxy) is 1. The van der Waals surface area contributed by atoms with Crippen LogP contribution in [0, 0.1) is 13.8 Å². The Morgan fingerprint density at radius 1 is 1.00 bits per heavy atom. The largest absolute Gasteiger partial charge is 1.00 e. The van der Waals surface area contributed by atoms with Crippen molar-refractivity contribution in [1.29, 1.82) is 0 Å². The van der Waals surface area contributed by atoms with Gasteiger partial charge in [0.1, 0.15) is 12.4 Å². The van der Waals surface area contributed by atoms with E-state index in [-0.39, 0.29) is 70.0 Å². The number of carboxylic acid groups (broad SMARTS) is 1. The first kappa shape index (κ1) is 21.1. The fourth-order valence-electron chi connectivity index (χ4n) is 2.35. The van der Waals surface area contributed by atoms with Crippen LogP contribution in [0.2, 0.25) is 0 Å². The van der Waals surface area contributed by atoms with E-state index in [0.29, 0.717) is 17.9 Å². The van der Waals surface area contributed by atoms with Crippen LogP contribution in [-0.4, -0.2) is 11.8 Å². The van der Waals surface area contributed by atoms with Gasteiger partial charge in [-0.1, -0.05) is 30.3 Å². The molecule has 0 spiro atoms. The van der Waals surface area contributed by atoms with Gasteiger partial charge < -0.3 is 14.6 Å². The van der Waals surface area contributed by atoms with E-state index < -0.39 is 5.97 Å². The zero-order valence-electron chi connectivity index (χ0n) is 14.3. The Hall–Kier alpha value is -0.984. The van der Waals surface area contributed by atoms with Crippen LogP contribution in [0.1, 0.15) is 39.9 Å². The van der Waals surface area contributed by atoms with Crippen molar-refractivity contribution in [2.45, 2.75) is 33.3 Å². The average Bonchev–Trinajstić information content (AvgIpc) is 2.52. The van der Waals surface area contributed by atoms with Gasteiger partial charge in [-0.05, 0) is 49.1 Å². The summed E-state index contributed by atoms with van der Waals surface area (Å²) in [6, 6.07) is 12.9. The maximum Gasteiger partial charge on any atom is 1.00 e. The molecule has 0 fully saturated rings. The first-order chi connectivity index (χ1) is 11.0. The number of rotatable bonds is 7. The first-order valence-corrected chi connectivity index (χ1v) is 7.48. The second-order valence-corrected chi connectivity index (χ2v) is 5.48. The minimum Gasteiger partial charge on any atom is -0.550 e. The van der Waals surface area contributed by atoms with Crippen LogP contribution in [-0.2, 0) is 11.4 Å². The summed E-state index contributed by atoms with van der Waals surface area (Å²) in [5.41, 5.74) is 3.89. The van der Waals surface area contributed by atoms with Gasteiger partial charge in [0.15, 0.2) is 5.78 Å². The fraction of sp³-hybridized carbons (Fsp3) is 0.263. The van der Waals surface area contributed by atoms with Gasteiger partial charge in [-0.25, -0.2) is 0 Å². The second kappa shape index (κ2) is 10.1. The molecule has 0 aliphatic heterocycles. The monoisotopic (exact) mass is 350 g/mol. The van der Waals surface area contributed by atoms with Crippen molar-refractivity contribution in [2.24, 2.45) is 0 Å². The van der Waals surface area contributed by atoms with Crippen molar-refractivity contribution in [3.05, 3.63) is 64.7 Å². The molecule has 0 aromatic heterocycles. The quantitative estimate of drug-likeness (QED) is 0.503. The van der Waals surface area contributed by atoms with Crippen LogP contribution in [0.3, 0.4) is 0 Å². The average molecular weight is 350 g/mol. The molecule has 120 valence electrons. The van der Waals surface area contributed by atoms with Crippen molar-refractivity contribution in [2.75, 3.05) is 0 Å². The number of hydrogen-bond donors (Lipinski definition) is 0. The van der Waals surface area contributed by atoms with Crippen LogP contribution < -0.4 is 61.2 Å². The molecule has 0 N–H and O–H groups in total. The number of ketones is 1.